The molecule has 1 aliphatic rings. The van der Waals surface area contributed by atoms with Crippen LogP contribution in [-0.4, -0.2) is 36.3 Å². The Balaban J connectivity index is 1.45. The molecule has 3 rings (SSSR count). The van der Waals surface area contributed by atoms with Crippen molar-refractivity contribution in [2.24, 2.45) is 0 Å². The van der Waals surface area contributed by atoms with Crippen molar-refractivity contribution in [2.45, 2.75) is 38.5 Å². The van der Waals surface area contributed by atoms with Crippen LogP contribution in [0.2, 0.25) is 0 Å². The lowest BCUT2D eigenvalue weighted by molar-refractivity contribution is -0.134. The SMILES string of the molecule is CC(OCC1CCCO1)C(=O)NCc1ncc(-c2ccccc2)o1. The Hall–Kier alpha value is -2.18. The Morgan fingerprint density at radius 1 is 1.42 bits per heavy atom. The molecule has 2 aromatic rings. The van der Waals surface area contributed by atoms with Gasteiger partial charge in [-0.1, -0.05) is 30.3 Å². The molecule has 0 radical (unpaired) electrons. The highest BCUT2D eigenvalue weighted by Gasteiger charge is 2.20. The van der Waals surface area contributed by atoms with E-state index in [2.05, 4.69) is 10.3 Å². The molecule has 0 spiro atoms. The summed E-state index contributed by atoms with van der Waals surface area (Å²) in [6.45, 7) is 3.20. The van der Waals surface area contributed by atoms with Crippen molar-refractivity contribution in [3.8, 4) is 11.3 Å². The largest absolute Gasteiger partial charge is 0.439 e. The van der Waals surface area contributed by atoms with Crippen LogP contribution in [0.4, 0.5) is 0 Å². The van der Waals surface area contributed by atoms with Crippen molar-refractivity contribution in [1.82, 2.24) is 10.3 Å². The van der Waals surface area contributed by atoms with Crippen LogP contribution in [0.3, 0.4) is 0 Å². The molecular weight excluding hydrogens is 308 g/mol. The van der Waals surface area contributed by atoms with Crippen molar-refractivity contribution >= 4 is 5.91 Å². The third kappa shape index (κ3) is 4.43. The highest BCUT2D eigenvalue weighted by molar-refractivity contribution is 5.80. The predicted molar refractivity (Wildman–Crippen MR) is 88.2 cm³/mol. The van der Waals surface area contributed by atoms with Gasteiger partial charge in [-0.3, -0.25) is 4.79 Å². The standard InChI is InChI=1S/C18H22N2O4/c1-13(23-12-15-8-5-9-22-15)18(21)20-11-17-19-10-16(24-17)14-6-3-2-4-7-14/h2-4,6-7,10,13,15H,5,8-9,11-12H2,1H3,(H,20,21). The van der Waals surface area contributed by atoms with E-state index < -0.39 is 6.10 Å². The van der Waals surface area contributed by atoms with Crippen molar-refractivity contribution in [3.05, 3.63) is 42.4 Å². The second kappa shape index (κ2) is 8.08. The molecule has 1 aromatic carbocycles. The molecule has 1 saturated heterocycles. The fourth-order valence-electron chi connectivity index (χ4n) is 2.54. The maximum absolute atomic E-state index is 12.1. The van der Waals surface area contributed by atoms with Gasteiger partial charge in [0.05, 0.1) is 25.5 Å². The fourth-order valence-corrected chi connectivity index (χ4v) is 2.54. The van der Waals surface area contributed by atoms with E-state index in [1.807, 2.05) is 30.3 Å². The monoisotopic (exact) mass is 330 g/mol. The lowest BCUT2D eigenvalue weighted by atomic mass is 10.2. The van der Waals surface area contributed by atoms with E-state index in [9.17, 15) is 4.79 Å². The minimum absolute atomic E-state index is 0.112. The van der Waals surface area contributed by atoms with Gasteiger partial charge >= 0.3 is 0 Å². The van der Waals surface area contributed by atoms with Gasteiger partial charge in [-0.2, -0.15) is 0 Å². The Morgan fingerprint density at radius 3 is 3.00 bits per heavy atom. The third-order valence-corrected chi connectivity index (χ3v) is 3.95. The summed E-state index contributed by atoms with van der Waals surface area (Å²) in [5, 5.41) is 2.78. The van der Waals surface area contributed by atoms with Crippen molar-refractivity contribution in [3.63, 3.8) is 0 Å². The minimum Gasteiger partial charge on any atom is -0.439 e. The van der Waals surface area contributed by atoms with E-state index in [4.69, 9.17) is 13.9 Å². The topological polar surface area (TPSA) is 73.6 Å². The van der Waals surface area contributed by atoms with Gasteiger partial charge in [0.2, 0.25) is 11.8 Å². The Labute approximate surface area is 141 Å². The summed E-state index contributed by atoms with van der Waals surface area (Å²) < 4.78 is 16.7. The molecule has 1 N–H and O–H groups in total. The van der Waals surface area contributed by atoms with E-state index in [1.54, 1.807) is 13.1 Å². The lowest BCUT2D eigenvalue weighted by Crippen LogP contribution is -2.35. The first-order valence-corrected chi connectivity index (χ1v) is 8.23. The number of amides is 1. The number of benzene rings is 1. The molecule has 2 atom stereocenters. The van der Waals surface area contributed by atoms with Crippen LogP contribution in [0.15, 0.2) is 40.9 Å². The van der Waals surface area contributed by atoms with Gasteiger partial charge < -0.3 is 19.2 Å². The lowest BCUT2D eigenvalue weighted by Gasteiger charge is -2.15. The number of hydrogen-bond donors (Lipinski definition) is 1. The van der Waals surface area contributed by atoms with Gasteiger partial charge in [0.15, 0.2) is 5.76 Å². The second-order valence-corrected chi connectivity index (χ2v) is 5.81. The molecular formula is C18H22N2O4. The Kier molecular flexibility index (Phi) is 5.61. The molecule has 1 amide bonds. The summed E-state index contributed by atoms with van der Waals surface area (Å²) in [6.07, 6.45) is 3.29. The second-order valence-electron chi connectivity index (χ2n) is 5.81. The summed E-state index contributed by atoms with van der Waals surface area (Å²) in [5.74, 6) is 0.962. The molecule has 2 unspecified atom stereocenters. The summed E-state index contributed by atoms with van der Waals surface area (Å²) in [4.78, 5) is 16.2. The summed E-state index contributed by atoms with van der Waals surface area (Å²) in [6, 6.07) is 9.71. The molecule has 6 nitrogen and oxygen atoms in total. The fraction of sp³-hybridized carbons (Fsp3) is 0.444. The van der Waals surface area contributed by atoms with E-state index in [0.717, 1.165) is 25.0 Å². The quantitative estimate of drug-likeness (QED) is 0.844. The molecule has 0 bridgehead atoms. The number of nitrogens with one attached hydrogen (secondary N) is 1. The first-order chi connectivity index (χ1) is 11.7. The number of carbonyl (C=O) groups is 1. The molecule has 24 heavy (non-hydrogen) atoms. The number of nitrogens with zero attached hydrogens (tertiary/aromatic N) is 1. The number of carbonyl (C=O) groups excluding carboxylic acids is 1. The molecule has 0 aliphatic carbocycles. The van der Waals surface area contributed by atoms with Crippen LogP contribution >= 0.6 is 0 Å². The van der Waals surface area contributed by atoms with Crippen LogP contribution in [0.1, 0.15) is 25.7 Å². The maximum atomic E-state index is 12.1. The van der Waals surface area contributed by atoms with Crippen LogP contribution in [0.25, 0.3) is 11.3 Å². The Bertz CT molecular complexity index is 650. The number of oxazole rings is 1. The summed E-state index contributed by atoms with van der Waals surface area (Å²) in [7, 11) is 0. The highest BCUT2D eigenvalue weighted by atomic mass is 16.5. The van der Waals surface area contributed by atoms with Crippen molar-refractivity contribution < 1.29 is 18.7 Å². The van der Waals surface area contributed by atoms with Gasteiger partial charge in [-0.25, -0.2) is 4.98 Å². The molecule has 1 fully saturated rings. The van der Waals surface area contributed by atoms with Gasteiger partial charge in [0.25, 0.3) is 0 Å². The average molecular weight is 330 g/mol. The van der Waals surface area contributed by atoms with Crippen LogP contribution in [-0.2, 0) is 20.8 Å². The zero-order valence-electron chi connectivity index (χ0n) is 13.7. The van der Waals surface area contributed by atoms with Gasteiger partial charge in [-0.15, -0.1) is 0 Å². The van der Waals surface area contributed by atoms with E-state index in [1.165, 1.54) is 0 Å². The Morgan fingerprint density at radius 2 is 2.25 bits per heavy atom. The van der Waals surface area contributed by atoms with Gasteiger partial charge in [0.1, 0.15) is 6.10 Å². The zero-order valence-corrected chi connectivity index (χ0v) is 13.7. The number of rotatable bonds is 7. The maximum Gasteiger partial charge on any atom is 0.249 e. The zero-order chi connectivity index (χ0) is 16.8. The molecule has 1 aliphatic heterocycles. The summed E-state index contributed by atoms with van der Waals surface area (Å²) >= 11 is 0. The molecule has 128 valence electrons. The molecule has 1 aromatic heterocycles. The third-order valence-electron chi connectivity index (χ3n) is 3.95. The molecule has 2 heterocycles. The minimum atomic E-state index is -0.530. The smallest absolute Gasteiger partial charge is 0.249 e. The number of hydrogen-bond acceptors (Lipinski definition) is 5. The van der Waals surface area contributed by atoms with Gasteiger partial charge in [0, 0.05) is 12.2 Å². The van der Waals surface area contributed by atoms with E-state index in [0.29, 0.717) is 18.3 Å². The van der Waals surface area contributed by atoms with Gasteiger partial charge in [-0.05, 0) is 19.8 Å². The first kappa shape index (κ1) is 16.7. The van der Waals surface area contributed by atoms with Crippen LogP contribution < -0.4 is 5.32 Å². The van der Waals surface area contributed by atoms with Crippen LogP contribution in [0.5, 0.6) is 0 Å². The predicted octanol–water partition coefficient (Wildman–Crippen LogP) is 2.54. The first-order valence-electron chi connectivity index (χ1n) is 8.23. The van der Waals surface area contributed by atoms with Crippen molar-refractivity contribution in [2.75, 3.05) is 13.2 Å². The molecule has 0 saturated carbocycles. The van der Waals surface area contributed by atoms with Crippen molar-refractivity contribution in [1.29, 1.82) is 0 Å². The van der Waals surface area contributed by atoms with E-state index >= 15 is 0 Å². The van der Waals surface area contributed by atoms with E-state index in [-0.39, 0.29) is 18.6 Å². The average Bonchev–Trinajstić information content (AvgIpc) is 3.30. The highest BCUT2D eigenvalue weighted by Crippen LogP contribution is 2.19. The molecule has 6 heteroatoms. The number of ether oxygens (including phenoxy) is 2. The number of aromatic nitrogens is 1. The van der Waals surface area contributed by atoms with Crippen LogP contribution in [0, 0.1) is 0 Å². The summed E-state index contributed by atoms with van der Waals surface area (Å²) in [5.41, 5.74) is 0.954. The normalized spacial score (nSPS) is 18.5.